The molecule has 0 bridgehead atoms. The average molecular weight is 366 g/mol. The predicted molar refractivity (Wildman–Crippen MR) is 107 cm³/mol. The van der Waals surface area contributed by atoms with E-state index in [9.17, 15) is 0 Å². The lowest BCUT2D eigenvalue weighted by Crippen LogP contribution is -2.41. The normalized spacial score (nSPS) is 25.4. The van der Waals surface area contributed by atoms with Crippen LogP contribution in [0.15, 0.2) is 42.6 Å². The molecule has 2 unspecified atom stereocenters. The quantitative estimate of drug-likeness (QED) is 0.649. The summed E-state index contributed by atoms with van der Waals surface area (Å²) in [6.07, 6.45) is 2.83. The van der Waals surface area contributed by atoms with Gasteiger partial charge in [-0.1, -0.05) is 31.2 Å². The minimum Gasteiger partial charge on any atom is -0.399 e. The fraction of sp³-hybridized carbons (Fsp3) is 0.476. The van der Waals surface area contributed by atoms with Gasteiger partial charge in [0.2, 0.25) is 0 Å². The molecule has 27 heavy (non-hydrogen) atoms. The Bertz CT molecular complexity index is 806. The van der Waals surface area contributed by atoms with Gasteiger partial charge in [0.05, 0.1) is 11.2 Å². The van der Waals surface area contributed by atoms with Crippen molar-refractivity contribution < 1.29 is 14.0 Å². The van der Waals surface area contributed by atoms with Crippen LogP contribution in [0.3, 0.4) is 0 Å². The van der Waals surface area contributed by atoms with Crippen LogP contribution in [0.4, 0.5) is 5.82 Å². The van der Waals surface area contributed by atoms with Crippen molar-refractivity contribution in [3.63, 3.8) is 0 Å². The van der Waals surface area contributed by atoms with Crippen LogP contribution in [0.25, 0.3) is 0 Å². The van der Waals surface area contributed by atoms with Crippen LogP contribution in [0.5, 0.6) is 0 Å². The molecular formula is C21H27BN2O3. The Labute approximate surface area is 161 Å². The van der Waals surface area contributed by atoms with E-state index in [1.807, 2.05) is 12.3 Å². The summed E-state index contributed by atoms with van der Waals surface area (Å²) in [7, 11) is -0.334. The Morgan fingerprint density at radius 3 is 2.33 bits per heavy atom. The fourth-order valence-electron chi connectivity index (χ4n) is 3.22. The van der Waals surface area contributed by atoms with Crippen molar-refractivity contribution in [1.29, 1.82) is 0 Å². The standard InChI is InChI=1S/C21H27BN2O3/c1-6-14-11-12-23-17(13-14)24-19-18(25-19)15-7-9-16(10-8-15)22-26-20(2,3)21(4,5)27-22/h7-13,18-19H,6H2,1-5H3,(H,23,24). The number of aromatic nitrogens is 1. The van der Waals surface area contributed by atoms with E-state index < -0.39 is 0 Å². The minimum atomic E-state index is -0.334. The van der Waals surface area contributed by atoms with E-state index in [-0.39, 0.29) is 30.7 Å². The SMILES string of the molecule is CCc1ccnc(NC2OC2c2ccc(B3OC(C)(C)C(C)(C)O3)cc2)c1. The van der Waals surface area contributed by atoms with Crippen LogP contribution in [0, 0.1) is 0 Å². The second-order valence-electron chi connectivity index (χ2n) is 8.28. The first-order chi connectivity index (χ1) is 12.8. The van der Waals surface area contributed by atoms with Gasteiger partial charge in [-0.2, -0.15) is 0 Å². The number of pyridine rings is 1. The summed E-state index contributed by atoms with van der Waals surface area (Å²) < 4.78 is 18.0. The van der Waals surface area contributed by atoms with E-state index in [2.05, 4.69) is 75.3 Å². The molecule has 1 N–H and O–H groups in total. The first kappa shape index (κ1) is 18.5. The number of anilines is 1. The average Bonchev–Trinajstić information content (AvgIpc) is 3.35. The third kappa shape index (κ3) is 3.62. The zero-order valence-electron chi connectivity index (χ0n) is 16.7. The lowest BCUT2D eigenvalue weighted by Gasteiger charge is -2.32. The van der Waals surface area contributed by atoms with E-state index in [1.54, 1.807) is 0 Å². The van der Waals surface area contributed by atoms with Crippen LogP contribution in [0.2, 0.25) is 0 Å². The number of nitrogens with one attached hydrogen (secondary N) is 1. The highest BCUT2D eigenvalue weighted by Gasteiger charge is 2.51. The van der Waals surface area contributed by atoms with Crippen molar-refractivity contribution in [2.45, 2.75) is 64.6 Å². The Hall–Kier alpha value is -1.89. The molecule has 6 heteroatoms. The van der Waals surface area contributed by atoms with Gasteiger partial charge in [0, 0.05) is 6.20 Å². The van der Waals surface area contributed by atoms with E-state index in [4.69, 9.17) is 14.0 Å². The lowest BCUT2D eigenvalue weighted by atomic mass is 9.79. The molecule has 5 nitrogen and oxygen atoms in total. The van der Waals surface area contributed by atoms with Crippen molar-refractivity contribution >= 4 is 18.4 Å². The van der Waals surface area contributed by atoms with Crippen LogP contribution >= 0.6 is 0 Å². The molecule has 0 amide bonds. The largest absolute Gasteiger partial charge is 0.494 e. The maximum atomic E-state index is 6.11. The Kier molecular flexibility index (Phi) is 4.53. The molecule has 0 spiro atoms. The summed E-state index contributed by atoms with van der Waals surface area (Å²) >= 11 is 0. The van der Waals surface area contributed by atoms with Crippen molar-refractivity contribution in [1.82, 2.24) is 4.98 Å². The molecule has 2 aromatic rings. The van der Waals surface area contributed by atoms with Crippen molar-refractivity contribution in [3.8, 4) is 0 Å². The summed E-state index contributed by atoms with van der Waals surface area (Å²) in [6, 6.07) is 12.4. The monoisotopic (exact) mass is 366 g/mol. The summed E-state index contributed by atoms with van der Waals surface area (Å²) in [5, 5.41) is 3.35. The van der Waals surface area contributed by atoms with Crippen LogP contribution in [0.1, 0.15) is 51.8 Å². The highest BCUT2D eigenvalue weighted by Crippen LogP contribution is 2.39. The van der Waals surface area contributed by atoms with Crippen molar-refractivity contribution in [2.75, 3.05) is 5.32 Å². The summed E-state index contributed by atoms with van der Waals surface area (Å²) in [6.45, 7) is 10.4. The van der Waals surface area contributed by atoms with Gasteiger partial charge in [-0.15, -0.1) is 0 Å². The van der Waals surface area contributed by atoms with Gasteiger partial charge in [0.1, 0.15) is 11.9 Å². The van der Waals surface area contributed by atoms with Gasteiger partial charge in [0.25, 0.3) is 0 Å². The Balaban J connectivity index is 1.39. The number of hydrogen-bond donors (Lipinski definition) is 1. The molecule has 1 aromatic heterocycles. The number of rotatable bonds is 5. The summed E-state index contributed by atoms with van der Waals surface area (Å²) in [5.74, 6) is 0.857. The Morgan fingerprint density at radius 1 is 1.04 bits per heavy atom. The van der Waals surface area contributed by atoms with Crippen molar-refractivity contribution in [3.05, 3.63) is 53.7 Å². The Morgan fingerprint density at radius 2 is 1.70 bits per heavy atom. The smallest absolute Gasteiger partial charge is 0.399 e. The molecule has 2 aliphatic heterocycles. The third-order valence-electron chi connectivity index (χ3n) is 5.80. The fourth-order valence-corrected chi connectivity index (χ4v) is 3.22. The second kappa shape index (κ2) is 6.62. The highest BCUT2D eigenvalue weighted by atomic mass is 16.7. The summed E-state index contributed by atoms with van der Waals surface area (Å²) in [4.78, 5) is 4.36. The number of benzene rings is 1. The number of epoxide rings is 1. The maximum Gasteiger partial charge on any atom is 0.494 e. The molecule has 3 heterocycles. The number of hydrogen-bond acceptors (Lipinski definition) is 5. The molecule has 142 valence electrons. The maximum absolute atomic E-state index is 6.11. The molecule has 1 aromatic carbocycles. The van der Waals surface area contributed by atoms with E-state index >= 15 is 0 Å². The number of aryl methyl sites for hydroxylation is 1. The van der Waals surface area contributed by atoms with Crippen molar-refractivity contribution in [2.24, 2.45) is 0 Å². The molecule has 2 atom stereocenters. The highest BCUT2D eigenvalue weighted by molar-refractivity contribution is 6.62. The number of nitrogens with zero attached hydrogens (tertiary/aromatic N) is 1. The van der Waals surface area contributed by atoms with Crippen LogP contribution in [-0.2, 0) is 20.5 Å². The zero-order valence-corrected chi connectivity index (χ0v) is 16.7. The molecule has 2 fully saturated rings. The van der Waals surface area contributed by atoms with E-state index in [0.29, 0.717) is 0 Å². The predicted octanol–water partition coefficient (Wildman–Crippen LogP) is 3.45. The lowest BCUT2D eigenvalue weighted by molar-refractivity contribution is 0.00578. The molecule has 0 aliphatic carbocycles. The topological polar surface area (TPSA) is 55.9 Å². The van der Waals surface area contributed by atoms with Gasteiger partial charge in [-0.3, -0.25) is 0 Å². The number of ether oxygens (including phenoxy) is 1. The summed E-state index contributed by atoms with van der Waals surface area (Å²) in [5.41, 5.74) is 2.77. The first-order valence-corrected chi connectivity index (χ1v) is 9.61. The molecule has 2 saturated heterocycles. The molecule has 0 saturated carbocycles. The van der Waals surface area contributed by atoms with Gasteiger partial charge in [0.15, 0.2) is 6.23 Å². The second-order valence-corrected chi connectivity index (χ2v) is 8.28. The zero-order chi connectivity index (χ0) is 19.2. The first-order valence-electron chi connectivity index (χ1n) is 9.61. The van der Waals surface area contributed by atoms with Gasteiger partial charge < -0.3 is 19.4 Å². The van der Waals surface area contributed by atoms with Gasteiger partial charge in [-0.25, -0.2) is 4.98 Å². The molecular weight excluding hydrogens is 339 g/mol. The third-order valence-corrected chi connectivity index (χ3v) is 5.80. The molecule has 2 aliphatic rings. The van der Waals surface area contributed by atoms with Gasteiger partial charge >= 0.3 is 7.12 Å². The molecule has 0 radical (unpaired) electrons. The van der Waals surface area contributed by atoms with E-state index in [1.165, 1.54) is 5.56 Å². The minimum absolute atomic E-state index is 0.0349. The van der Waals surface area contributed by atoms with Gasteiger partial charge in [-0.05, 0) is 62.8 Å². The van der Waals surface area contributed by atoms with E-state index in [0.717, 1.165) is 23.3 Å². The van der Waals surface area contributed by atoms with Crippen LogP contribution < -0.4 is 10.8 Å². The van der Waals surface area contributed by atoms with Crippen LogP contribution in [-0.4, -0.2) is 29.5 Å². The molecule has 4 rings (SSSR count).